The second-order valence-electron chi connectivity index (χ2n) is 5.00. The van der Waals surface area contributed by atoms with Crippen LogP contribution in [-0.4, -0.2) is 41.6 Å². The van der Waals surface area contributed by atoms with Crippen molar-refractivity contribution in [3.8, 4) is 0 Å². The molecule has 0 saturated carbocycles. The van der Waals surface area contributed by atoms with Gasteiger partial charge in [-0.15, -0.1) is 0 Å². The Bertz CT molecular complexity index is 562. The van der Waals surface area contributed by atoms with E-state index in [2.05, 4.69) is 10.6 Å². The highest BCUT2D eigenvalue weighted by Gasteiger charge is 2.08. The Morgan fingerprint density at radius 1 is 1.28 bits per heavy atom. The van der Waals surface area contributed by atoms with Crippen molar-refractivity contribution in [2.75, 3.05) is 12.3 Å². The summed E-state index contributed by atoms with van der Waals surface area (Å²) in [6.45, 7) is 2.29. The van der Waals surface area contributed by atoms with Crippen molar-refractivity contribution in [1.82, 2.24) is 10.6 Å². The Morgan fingerprint density at radius 2 is 1.88 bits per heavy atom. The molecule has 0 aliphatic rings. The summed E-state index contributed by atoms with van der Waals surface area (Å²) in [5.41, 5.74) is 1.04. The molecule has 0 aromatic heterocycles. The van der Waals surface area contributed by atoms with Gasteiger partial charge in [0.25, 0.3) is 0 Å². The molecule has 0 spiro atoms. The molecule has 0 saturated heterocycles. The summed E-state index contributed by atoms with van der Waals surface area (Å²) >= 11 is 1.64. The van der Waals surface area contributed by atoms with Crippen LogP contribution in [0.15, 0.2) is 24.3 Å². The van der Waals surface area contributed by atoms with Crippen molar-refractivity contribution in [1.29, 1.82) is 0 Å². The Labute approximate surface area is 149 Å². The Kier molecular flexibility index (Phi) is 12.7. The minimum absolute atomic E-state index is 0.0367. The highest BCUT2D eigenvalue weighted by molar-refractivity contribution is 7.98. The van der Waals surface area contributed by atoms with Gasteiger partial charge in [0.1, 0.15) is 5.82 Å². The number of carboxylic acids is 1. The molecule has 1 aromatic rings. The molecule has 138 valence electrons. The number of carboxylic acid groups (broad SMARTS) is 1. The third-order valence-electron chi connectivity index (χ3n) is 2.88. The summed E-state index contributed by atoms with van der Waals surface area (Å²) in [6, 6.07) is 5.88. The van der Waals surface area contributed by atoms with E-state index in [0.717, 1.165) is 17.1 Å². The van der Waals surface area contributed by atoms with Crippen LogP contribution in [0.3, 0.4) is 0 Å². The monoisotopic (exact) mass is 372 g/mol. The van der Waals surface area contributed by atoms with E-state index in [1.165, 1.54) is 12.1 Å². The van der Waals surface area contributed by atoms with Crippen LogP contribution in [-0.2, 0) is 20.1 Å². The molecule has 0 fully saturated rings. The van der Waals surface area contributed by atoms with Crippen molar-refractivity contribution in [2.24, 2.45) is 0 Å². The summed E-state index contributed by atoms with van der Waals surface area (Å²) in [5, 5.41) is 14.0. The Balaban J connectivity index is 0.00000178. The average Bonchev–Trinajstić information content (AvgIpc) is 2.55. The minimum Gasteiger partial charge on any atom is -0.481 e. The second kappa shape index (κ2) is 14.0. The van der Waals surface area contributed by atoms with E-state index in [9.17, 15) is 14.0 Å². The van der Waals surface area contributed by atoms with Gasteiger partial charge in [-0.25, -0.2) is 9.18 Å². The number of hydrogen-bond acceptors (Lipinski definition) is 5. The quantitative estimate of drug-likeness (QED) is 0.572. The first kappa shape index (κ1) is 22.6. The van der Waals surface area contributed by atoms with Crippen molar-refractivity contribution in [3.63, 3.8) is 0 Å². The van der Waals surface area contributed by atoms with Crippen LogP contribution in [0.1, 0.15) is 25.3 Å². The summed E-state index contributed by atoms with van der Waals surface area (Å²) in [4.78, 5) is 38.2. The van der Waals surface area contributed by atoms with Crippen molar-refractivity contribution < 1.29 is 28.7 Å². The van der Waals surface area contributed by atoms with Crippen LogP contribution in [0, 0.1) is 5.82 Å². The summed E-state index contributed by atoms with van der Waals surface area (Å²) in [7, 11) is 0. The molecular formula is C16H21FN2O5S. The van der Waals surface area contributed by atoms with Gasteiger partial charge < -0.3 is 15.7 Å². The highest BCUT2D eigenvalue weighted by atomic mass is 32.2. The van der Waals surface area contributed by atoms with E-state index in [4.69, 9.17) is 14.7 Å². The molecular weight excluding hydrogens is 351 g/mol. The van der Waals surface area contributed by atoms with Crippen LogP contribution >= 0.6 is 11.8 Å². The van der Waals surface area contributed by atoms with E-state index in [1.807, 2.05) is 0 Å². The van der Waals surface area contributed by atoms with E-state index in [1.54, 1.807) is 30.8 Å². The van der Waals surface area contributed by atoms with E-state index in [-0.39, 0.29) is 30.5 Å². The SMILES string of the molecule is C[C@H](CCC(=O)O)NC(=O)NCCSCc1ccc(F)cc1.O=C=O. The number of hydrogen-bond donors (Lipinski definition) is 3. The Morgan fingerprint density at radius 3 is 2.44 bits per heavy atom. The van der Waals surface area contributed by atoms with Crippen molar-refractivity contribution >= 4 is 29.9 Å². The molecule has 0 bridgehead atoms. The lowest BCUT2D eigenvalue weighted by Crippen LogP contribution is -2.41. The first-order valence-electron chi connectivity index (χ1n) is 7.46. The zero-order chi connectivity index (χ0) is 19.1. The molecule has 3 N–H and O–H groups in total. The number of halogens is 1. The third-order valence-corrected chi connectivity index (χ3v) is 3.91. The smallest absolute Gasteiger partial charge is 0.373 e. The predicted octanol–water partition coefficient (Wildman–Crippen LogP) is 2.03. The lowest BCUT2D eigenvalue weighted by molar-refractivity contribution is -0.191. The van der Waals surface area contributed by atoms with Gasteiger partial charge in [0.2, 0.25) is 0 Å². The van der Waals surface area contributed by atoms with Crippen molar-refractivity contribution in [3.05, 3.63) is 35.6 Å². The molecule has 1 atom stereocenters. The standard InChI is InChI=1S/C15H21FN2O3S.CO2/c1-11(2-7-14(19)20)18-15(21)17-8-9-22-10-12-3-5-13(16)6-4-12;2-1-3/h3-6,11H,2,7-10H2,1H3,(H,19,20)(H2,17,18,21);/t11-;/m1./s1. The summed E-state index contributed by atoms with van der Waals surface area (Å²) < 4.78 is 12.7. The van der Waals surface area contributed by atoms with Gasteiger partial charge in [0.05, 0.1) is 0 Å². The van der Waals surface area contributed by atoms with Crippen LogP contribution < -0.4 is 10.6 Å². The number of carbonyl (C=O) groups is 2. The van der Waals surface area contributed by atoms with Crippen LogP contribution in [0.2, 0.25) is 0 Å². The van der Waals surface area contributed by atoms with Crippen molar-refractivity contribution in [2.45, 2.75) is 31.6 Å². The molecule has 0 aliphatic heterocycles. The summed E-state index contributed by atoms with van der Waals surface area (Å²) in [6.07, 6.45) is 0.692. The zero-order valence-corrected chi connectivity index (χ0v) is 14.6. The number of carbonyl (C=O) groups excluding carboxylic acids is 3. The normalized spacial score (nSPS) is 10.6. The summed E-state index contributed by atoms with van der Waals surface area (Å²) in [5.74, 6) is 0.391. The molecule has 0 heterocycles. The first-order valence-corrected chi connectivity index (χ1v) is 8.62. The minimum atomic E-state index is -0.869. The number of amides is 2. The Hall–Kier alpha value is -2.38. The second-order valence-corrected chi connectivity index (χ2v) is 6.10. The zero-order valence-electron chi connectivity index (χ0n) is 13.8. The molecule has 1 rings (SSSR count). The van der Waals surface area contributed by atoms with E-state index >= 15 is 0 Å². The molecule has 25 heavy (non-hydrogen) atoms. The molecule has 9 heteroatoms. The van der Waals surface area contributed by atoms with Gasteiger partial charge in [0.15, 0.2) is 0 Å². The van der Waals surface area contributed by atoms with Gasteiger partial charge in [-0.1, -0.05) is 12.1 Å². The van der Waals surface area contributed by atoms with E-state index < -0.39 is 5.97 Å². The molecule has 0 radical (unpaired) electrons. The lowest BCUT2D eigenvalue weighted by Gasteiger charge is -2.13. The lowest BCUT2D eigenvalue weighted by atomic mass is 10.2. The van der Waals surface area contributed by atoms with Crippen LogP contribution in [0.25, 0.3) is 0 Å². The average molecular weight is 372 g/mol. The fourth-order valence-electron chi connectivity index (χ4n) is 1.69. The highest BCUT2D eigenvalue weighted by Crippen LogP contribution is 2.11. The maximum Gasteiger partial charge on any atom is 0.373 e. The number of benzene rings is 1. The van der Waals surface area contributed by atoms with Gasteiger partial charge in [-0.05, 0) is 31.0 Å². The maximum absolute atomic E-state index is 12.7. The van der Waals surface area contributed by atoms with Gasteiger partial charge in [-0.3, -0.25) is 4.79 Å². The number of thioether (sulfide) groups is 1. The van der Waals surface area contributed by atoms with Gasteiger partial charge in [0, 0.05) is 30.5 Å². The predicted molar refractivity (Wildman–Crippen MR) is 90.4 cm³/mol. The number of nitrogens with one attached hydrogen (secondary N) is 2. The molecule has 1 aromatic carbocycles. The van der Waals surface area contributed by atoms with Crippen LogP contribution in [0.5, 0.6) is 0 Å². The molecule has 7 nitrogen and oxygen atoms in total. The van der Waals surface area contributed by atoms with Crippen LogP contribution in [0.4, 0.5) is 9.18 Å². The maximum atomic E-state index is 12.7. The topological polar surface area (TPSA) is 113 Å². The van der Waals surface area contributed by atoms with Gasteiger partial charge in [-0.2, -0.15) is 21.4 Å². The molecule has 0 unspecified atom stereocenters. The number of rotatable bonds is 9. The fraction of sp³-hybridized carbons (Fsp3) is 0.438. The number of aliphatic carboxylic acids is 1. The largest absolute Gasteiger partial charge is 0.481 e. The molecule has 2 amide bonds. The van der Waals surface area contributed by atoms with Gasteiger partial charge >= 0.3 is 18.2 Å². The fourth-order valence-corrected chi connectivity index (χ4v) is 2.51. The van der Waals surface area contributed by atoms with E-state index in [0.29, 0.717) is 13.0 Å². The third kappa shape index (κ3) is 13.7. The number of urea groups is 1. The molecule has 0 aliphatic carbocycles. The first-order chi connectivity index (χ1) is 11.9.